The van der Waals surface area contributed by atoms with Crippen molar-refractivity contribution in [2.45, 2.75) is 32.4 Å². The lowest BCUT2D eigenvalue weighted by Crippen LogP contribution is -2.31. The maximum atomic E-state index is 11.9. The van der Waals surface area contributed by atoms with E-state index >= 15 is 0 Å². The van der Waals surface area contributed by atoms with Crippen LogP contribution in [0.3, 0.4) is 0 Å². The highest BCUT2D eigenvalue weighted by atomic mass is 16.3. The van der Waals surface area contributed by atoms with Gasteiger partial charge in [0.2, 0.25) is 0 Å². The first-order valence-electron chi connectivity index (χ1n) is 7.20. The highest BCUT2D eigenvalue weighted by Gasteiger charge is 2.08. The average Bonchev–Trinajstić information content (AvgIpc) is 2.99. The summed E-state index contributed by atoms with van der Waals surface area (Å²) >= 11 is 0. The maximum absolute atomic E-state index is 11.9. The van der Waals surface area contributed by atoms with Gasteiger partial charge >= 0.3 is 0 Å². The summed E-state index contributed by atoms with van der Waals surface area (Å²) < 4.78 is 1.97. The molecule has 2 rings (SSSR count). The predicted octanol–water partition coefficient (Wildman–Crippen LogP) is 1.82. The molecule has 1 aromatic heterocycles. The van der Waals surface area contributed by atoms with Crippen LogP contribution in [0.1, 0.15) is 35.7 Å². The number of nitrogens with one attached hydrogen (secondary N) is 1. The molecule has 2 N–H and O–H groups in total. The fourth-order valence-corrected chi connectivity index (χ4v) is 2.10. The number of imidazole rings is 1. The number of hydrogen-bond acceptors (Lipinski definition) is 3. The van der Waals surface area contributed by atoms with Gasteiger partial charge in [-0.1, -0.05) is 25.5 Å². The molecule has 21 heavy (non-hydrogen) atoms. The van der Waals surface area contributed by atoms with Crippen molar-refractivity contribution in [1.82, 2.24) is 14.9 Å². The highest BCUT2D eigenvalue weighted by Crippen LogP contribution is 2.06. The number of aromatic nitrogens is 2. The van der Waals surface area contributed by atoms with Crippen LogP contribution < -0.4 is 5.32 Å². The third-order valence-electron chi connectivity index (χ3n) is 3.26. The fraction of sp³-hybridized carbons (Fsp3) is 0.375. The molecule has 1 atom stereocenters. The Morgan fingerprint density at radius 2 is 2.14 bits per heavy atom. The van der Waals surface area contributed by atoms with E-state index in [0.717, 1.165) is 18.5 Å². The summed E-state index contributed by atoms with van der Waals surface area (Å²) in [4.78, 5) is 15.9. The van der Waals surface area contributed by atoms with Gasteiger partial charge in [-0.2, -0.15) is 0 Å². The second kappa shape index (κ2) is 7.59. The Morgan fingerprint density at radius 3 is 2.76 bits per heavy atom. The number of nitrogens with zero attached hydrogens (tertiary/aromatic N) is 2. The van der Waals surface area contributed by atoms with E-state index in [0.29, 0.717) is 18.5 Å². The van der Waals surface area contributed by atoms with E-state index in [4.69, 9.17) is 0 Å². The number of rotatable bonds is 7. The van der Waals surface area contributed by atoms with Crippen molar-refractivity contribution in [1.29, 1.82) is 0 Å². The number of hydrogen-bond donors (Lipinski definition) is 2. The maximum Gasteiger partial charge on any atom is 0.251 e. The third kappa shape index (κ3) is 4.72. The first-order chi connectivity index (χ1) is 10.2. The predicted molar refractivity (Wildman–Crippen MR) is 81.0 cm³/mol. The molecule has 5 heteroatoms. The van der Waals surface area contributed by atoms with E-state index in [9.17, 15) is 9.90 Å². The van der Waals surface area contributed by atoms with Gasteiger partial charge in [0.15, 0.2) is 0 Å². The normalized spacial score (nSPS) is 12.1. The summed E-state index contributed by atoms with van der Waals surface area (Å²) in [5, 5.41) is 12.4. The minimum atomic E-state index is -0.473. The number of benzene rings is 1. The molecule has 2 aromatic rings. The van der Waals surface area contributed by atoms with Gasteiger partial charge in [-0.3, -0.25) is 4.79 Å². The zero-order valence-electron chi connectivity index (χ0n) is 12.2. The van der Waals surface area contributed by atoms with Gasteiger partial charge < -0.3 is 15.0 Å². The van der Waals surface area contributed by atoms with Crippen molar-refractivity contribution in [2.24, 2.45) is 0 Å². The molecule has 0 saturated carbocycles. The Kier molecular flexibility index (Phi) is 5.51. The zero-order chi connectivity index (χ0) is 15.1. The highest BCUT2D eigenvalue weighted by molar-refractivity contribution is 5.94. The molecule has 112 valence electrons. The lowest BCUT2D eigenvalue weighted by molar-refractivity contribution is 0.0910. The molecule has 0 aliphatic rings. The number of amides is 1. The van der Waals surface area contributed by atoms with Gasteiger partial charge in [0.25, 0.3) is 5.91 Å². The van der Waals surface area contributed by atoms with Crippen LogP contribution in [0.15, 0.2) is 43.0 Å². The van der Waals surface area contributed by atoms with Crippen LogP contribution in [0, 0.1) is 0 Å². The quantitative estimate of drug-likeness (QED) is 0.816. The minimum absolute atomic E-state index is 0.153. The molecule has 0 spiro atoms. The molecule has 0 fully saturated rings. The van der Waals surface area contributed by atoms with Gasteiger partial charge in [0.05, 0.1) is 12.4 Å². The second-order valence-electron chi connectivity index (χ2n) is 5.08. The average molecular weight is 287 g/mol. The topological polar surface area (TPSA) is 67.2 Å². The Hall–Kier alpha value is -2.14. The van der Waals surface area contributed by atoms with E-state index in [2.05, 4.69) is 10.3 Å². The lowest BCUT2D eigenvalue weighted by atomic mass is 10.1. The van der Waals surface area contributed by atoms with Crippen molar-refractivity contribution >= 4 is 5.91 Å². The minimum Gasteiger partial charge on any atom is -0.391 e. The molecule has 0 bridgehead atoms. The number of carbonyl (C=O) groups excluding carboxylic acids is 1. The van der Waals surface area contributed by atoms with Crippen LogP contribution in [-0.2, 0) is 6.54 Å². The van der Waals surface area contributed by atoms with Crippen molar-refractivity contribution in [3.8, 4) is 0 Å². The summed E-state index contributed by atoms with van der Waals surface area (Å²) in [5.41, 5.74) is 1.71. The summed E-state index contributed by atoms with van der Waals surface area (Å²) in [5.74, 6) is -0.153. The molecular weight excluding hydrogens is 266 g/mol. The van der Waals surface area contributed by atoms with E-state index < -0.39 is 6.10 Å². The van der Waals surface area contributed by atoms with Crippen LogP contribution >= 0.6 is 0 Å². The van der Waals surface area contributed by atoms with E-state index in [1.165, 1.54) is 0 Å². The van der Waals surface area contributed by atoms with Gasteiger partial charge in [-0.15, -0.1) is 0 Å². The Morgan fingerprint density at radius 1 is 1.38 bits per heavy atom. The molecule has 5 nitrogen and oxygen atoms in total. The first kappa shape index (κ1) is 15.3. The first-order valence-corrected chi connectivity index (χ1v) is 7.20. The second-order valence-corrected chi connectivity index (χ2v) is 5.08. The van der Waals surface area contributed by atoms with Crippen LogP contribution in [0.2, 0.25) is 0 Å². The van der Waals surface area contributed by atoms with Crippen LogP contribution in [0.5, 0.6) is 0 Å². The van der Waals surface area contributed by atoms with E-state index in [1.807, 2.05) is 29.8 Å². The SMILES string of the molecule is CCCC(O)CNC(=O)c1ccc(Cn2ccnc2)cc1. The zero-order valence-corrected chi connectivity index (χ0v) is 12.2. The summed E-state index contributed by atoms with van der Waals surface area (Å²) in [6, 6.07) is 7.45. The Labute approximate surface area is 124 Å². The summed E-state index contributed by atoms with van der Waals surface area (Å²) in [6.45, 7) is 3.03. The lowest BCUT2D eigenvalue weighted by Gasteiger charge is -2.11. The van der Waals surface area contributed by atoms with Crippen LogP contribution in [-0.4, -0.2) is 33.2 Å². The van der Waals surface area contributed by atoms with E-state index in [1.54, 1.807) is 24.7 Å². The Bertz CT molecular complexity index is 549. The Balaban J connectivity index is 1.87. The molecule has 1 heterocycles. The monoisotopic (exact) mass is 287 g/mol. The largest absolute Gasteiger partial charge is 0.391 e. The molecule has 1 unspecified atom stereocenters. The van der Waals surface area contributed by atoms with Crippen LogP contribution in [0.25, 0.3) is 0 Å². The van der Waals surface area contributed by atoms with Gasteiger partial charge in [-0.05, 0) is 24.1 Å². The smallest absolute Gasteiger partial charge is 0.251 e. The molecule has 1 amide bonds. The van der Waals surface area contributed by atoms with Crippen molar-refractivity contribution < 1.29 is 9.90 Å². The van der Waals surface area contributed by atoms with E-state index in [-0.39, 0.29) is 5.91 Å². The third-order valence-corrected chi connectivity index (χ3v) is 3.26. The van der Waals surface area contributed by atoms with Crippen molar-refractivity contribution in [3.05, 3.63) is 54.1 Å². The molecular formula is C16H21N3O2. The van der Waals surface area contributed by atoms with Crippen molar-refractivity contribution in [3.63, 3.8) is 0 Å². The number of aliphatic hydroxyl groups is 1. The number of carbonyl (C=O) groups is 1. The number of aliphatic hydroxyl groups excluding tert-OH is 1. The molecule has 0 aliphatic carbocycles. The standard InChI is InChI=1S/C16H21N3O2/c1-2-3-15(20)10-18-16(21)14-6-4-13(5-7-14)11-19-9-8-17-12-19/h4-9,12,15,20H,2-3,10-11H2,1H3,(H,18,21). The fourth-order valence-electron chi connectivity index (χ4n) is 2.10. The molecule has 1 aromatic carbocycles. The van der Waals surface area contributed by atoms with Gasteiger partial charge in [-0.25, -0.2) is 4.98 Å². The summed E-state index contributed by atoms with van der Waals surface area (Å²) in [7, 11) is 0. The van der Waals surface area contributed by atoms with Gasteiger partial charge in [0, 0.05) is 31.0 Å². The molecule has 0 radical (unpaired) electrons. The molecule has 0 aliphatic heterocycles. The van der Waals surface area contributed by atoms with Gasteiger partial charge in [0.1, 0.15) is 0 Å². The molecule has 0 saturated heterocycles. The van der Waals surface area contributed by atoms with Crippen LogP contribution in [0.4, 0.5) is 0 Å². The van der Waals surface area contributed by atoms with Crippen molar-refractivity contribution in [2.75, 3.05) is 6.54 Å². The summed E-state index contributed by atoms with van der Waals surface area (Å²) in [6.07, 6.45) is 6.53.